The van der Waals surface area contributed by atoms with Gasteiger partial charge in [0.2, 0.25) is 0 Å². The van der Waals surface area contributed by atoms with Crippen molar-refractivity contribution in [3.63, 3.8) is 0 Å². The first-order valence-corrected chi connectivity index (χ1v) is 6.26. The third-order valence-corrected chi connectivity index (χ3v) is 2.89. The molecule has 0 saturated carbocycles. The number of hydrogen-bond acceptors (Lipinski definition) is 3. The summed E-state index contributed by atoms with van der Waals surface area (Å²) in [6, 6.07) is 7.70. The zero-order valence-corrected chi connectivity index (χ0v) is 10.9. The Morgan fingerprint density at radius 1 is 0.889 bits per heavy atom. The van der Waals surface area contributed by atoms with Gasteiger partial charge in [-0.3, -0.25) is 4.79 Å². The van der Waals surface area contributed by atoms with Crippen molar-refractivity contribution in [2.75, 3.05) is 0 Å². The highest BCUT2D eigenvalue weighted by atomic mass is 16.3. The van der Waals surface area contributed by atoms with E-state index in [1.54, 1.807) is 0 Å². The highest BCUT2D eigenvalue weighted by Gasteiger charge is 2.07. The summed E-state index contributed by atoms with van der Waals surface area (Å²) in [5.74, 6) is 3.80. The summed E-state index contributed by atoms with van der Waals surface area (Å²) in [6.45, 7) is 3.81. The summed E-state index contributed by atoms with van der Waals surface area (Å²) in [7, 11) is 0. The van der Waals surface area contributed by atoms with Crippen LogP contribution in [0.4, 0.5) is 0 Å². The summed E-state index contributed by atoms with van der Waals surface area (Å²) in [4.78, 5) is 11.7. The third-order valence-electron chi connectivity index (χ3n) is 2.89. The molecule has 18 heavy (non-hydrogen) atoms. The number of Topliss-reactive ketones (excluding diaryl/α,β-unsaturated/α-hetero) is 1. The molecule has 0 amide bonds. The number of carbonyl (C=O) groups excluding carboxylic acids is 1. The van der Waals surface area contributed by atoms with E-state index in [1.807, 2.05) is 38.1 Å². The van der Waals surface area contributed by atoms with Gasteiger partial charge in [-0.1, -0.05) is 0 Å². The Hall–Kier alpha value is -1.77. The molecule has 96 valence electrons. The smallest absolute Gasteiger partial charge is 0.133 e. The highest BCUT2D eigenvalue weighted by molar-refractivity contribution is 5.78. The van der Waals surface area contributed by atoms with Crippen molar-refractivity contribution in [3.05, 3.63) is 47.3 Å². The van der Waals surface area contributed by atoms with Crippen LogP contribution in [0.3, 0.4) is 0 Å². The third kappa shape index (κ3) is 3.62. The van der Waals surface area contributed by atoms with Gasteiger partial charge in [0.25, 0.3) is 0 Å². The lowest BCUT2D eigenvalue weighted by molar-refractivity contribution is -0.119. The molecule has 2 aromatic rings. The molecule has 0 saturated heterocycles. The van der Waals surface area contributed by atoms with Crippen LogP contribution in [0, 0.1) is 13.8 Å². The predicted octanol–water partition coefficient (Wildman–Crippen LogP) is 3.62. The summed E-state index contributed by atoms with van der Waals surface area (Å²) in [5.41, 5.74) is 0. The molecule has 0 fully saturated rings. The van der Waals surface area contributed by atoms with E-state index < -0.39 is 0 Å². The first-order valence-electron chi connectivity index (χ1n) is 6.26. The van der Waals surface area contributed by atoms with Crippen molar-refractivity contribution in [1.82, 2.24) is 0 Å². The van der Waals surface area contributed by atoms with Crippen molar-refractivity contribution in [1.29, 1.82) is 0 Å². The second-order valence-corrected chi connectivity index (χ2v) is 4.56. The zero-order chi connectivity index (χ0) is 13.0. The largest absolute Gasteiger partial charge is 0.466 e. The molecule has 3 heteroatoms. The standard InChI is InChI=1S/C15H18O3/c1-11-3-7-14(17-11)9-5-13(16)6-10-15-8-4-12(2)18-15/h3-4,7-8H,5-6,9-10H2,1-2H3. The minimum absolute atomic E-state index is 0.248. The van der Waals surface area contributed by atoms with Gasteiger partial charge in [0.05, 0.1) is 0 Å². The van der Waals surface area contributed by atoms with Crippen LogP contribution in [0.2, 0.25) is 0 Å². The van der Waals surface area contributed by atoms with Gasteiger partial charge in [-0.2, -0.15) is 0 Å². The Morgan fingerprint density at radius 2 is 1.33 bits per heavy atom. The van der Waals surface area contributed by atoms with Gasteiger partial charge in [0, 0.05) is 25.7 Å². The summed E-state index contributed by atoms with van der Waals surface area (Å²) >= 11 is 0. The summed E-state index contributed by atoms with van der Waals surface area (Å²) < 4.78 is 10.9. The first-order chi connectivity index (χ1) is 8.63. The van der Waals surface area contributed by atoms with E-state index in [4.69, 9.17) is 8.83 Å². The molecule has 0 spiro atoms. The quantitative estimate of drug-likeness (QED) is 0.781. The number of carbonyl (C=O) groups is 1. The number of rotatable bonds is 6. The maximum atomic E-state index is 11.7. The van der Waals surface area contributed by atoms with Crippen molar-refractivity contribution >= 4 is 5.78 Å². The Kier molecular flexibility index (Phi) is 4.03. The van der Waals surface area contributed by atoms with E-state index in [1.165, 1.54) is 0 Å². The van der Waals surface area contributed by atoms with E-state index in [9.17, 15) is 4.79 Å². The molecule has 2 heterocycles. The molecule has 0 aliphatic heterocycles. The fourth-order valence-corrected chi connectivity index (χ4v) is 1.89. The van der Waals surface area contributed by atoms with Crippen molar-refractivity contribution in [3.8, 4) is 0 Å². The van der Waals surface area contributed by atoms with Gasteiger partial charge in [-0.15, -0.1) is 0 Å². The summed E-state index contributed by atoms with van der Waals surface area (Å²) in [5, 5.41) is 0. The molecular weight excluding hydrogens is 228 g/mol. The molecule has 0 aliphatic carbocycles. The number of hydrogen-bond donors (Lipinski definition) is 0. The average Bonchev–Trinajstić information content (AvgIpc) is 2.93. The SMILES string of the molecule is Cc1ccc(CCC(=O)CCc2ccc(C)o2)o1. The van der Waals surface area contributed by atoms with E-state index in [0.717, 1.165) is 23.0 Å². The second kappa shape index (κ2) is 5.71. The van der Waals surface area contributed by atoms with Gasteiger partial charge in [-0.05, 0) is 38.1 Å². The lowest BCUT2D eigenvalue weighted by atomic mass is 10.1. The van der Waals surface area contributed by atoms with Gasteiger partial charge in [0.15, 0.2) is 0 Å². The molecule has 0 radical (unpaired) electrons. The fourth-order valence-electron chi connectivity index (χ4n) is 1.89. The molecule has 2 aromatic heterocycles. The monoisotopic (exact) mass is 246 g/mol. The number of ketones is 1. The number of furan rings is 2. The average molecular weight is 246 g/mol. The Balaban J connectivity index is 1.72. The highest BCUT2D eigenvalue weighted by Crippen LogP contribution is 2.12. The van der Waals surface area contributed by atoms with Crippen LogP contribution in [-0.4, -0.2) is 5.78 Å². The molecule has 0 aliphatic rings. The molecule has 0 unspecified atom stereocenters. The second-order valence-electron chi connectivity index (χ2n) is 4.56. The minimum Gasteiger partial charge on any atom is -0.466 e. The predicted molar refractivity (Wildman–Crippen MR) is 68.5 cm³/mol. The molecule has 3 nitrogen and oxygen atoms in total. The Labute approximate surface area is 107 Å². The molecule has 2 rings (SSSR count). The van der Waals surface area contributed by atoms with Crippen LogP contribution in [0.25, 0.3) is 0 Å². The normalized spacial score (nSPS) is 10.8. The van der Waals surface area contributed by atoms with E-state index in [-0.39, 0.29) is 5.78 Å². The van der Waals surface area contributed by atoms with Crippen molar-refractivity contribution in [2.24, 2.45) is 0 Å². The lowest BCUT2D eigenvalue weighted by Gasteiger charge is -1.98. The van der Waals surface area contributed by atoms with Gasteiger partial charge < -0.3 is 8.83 Å². The van der Waals surface area contributed by atoms with Crippen molar-refractivity contribution in [2.45, 2.75) is 39.5 Å². The van der Waals surface area contributed by atoms with Crippen molar-refractivity contribution < 1.29 is 13.6 Å². The van der Waals surface area contributed by atoms with E-state index in [2.05, 4.69) is 0 Å². The maximum Gasteiger partial charge on any atom is 0.133 e. The van der Waals surface area contributed by atoms with Crippen LogP contribution in [0.15, 0.2) is 33.1 Å². The van der Waals surface area contributed by atoms with Crippen LogP contribution in [-0.2, 0) is 17.6 Å². The summed E-state index contributed by atoms with van der Waals surface area (Å²) in [6.07, 6.45) is 2.44. The number of aryl methyl sites for hydroxylation is 4. The van der Waals surface area contributed by atoms with Gasteiger partial charge in [-0.25, -0.2) is 0 Å². The van der Waals surface area contributed by atoms with Crippen LogP contribution in [0.5, 0.6) is 0 Å². The zero-order valence-electron chi connectivity index (χ0n) is 10.9. The molecule has 0 aromatic carbocycles. The van der Waals surface area contributed by atoms with Gasteiger partial charge >= 0.3 is 0 Å². The van der Waals surface area contributed by atoms with Gasteiger partial charge in [0.1, 0.15) is 28.8 Å². The van der Waals surface area contributed by atoms with Crippen LogP contribution in [0.1, 0.15) is 35.9 Å². The molecular formula is C15H18O3. The van der Waals surface area contributed by atoms with E-state index >= 15 is 0 Å². The molecule has 0 N–H and O–H groups in total. The van der Waals surface area contributed by atoms with Crippen LogP contribution >= 0.6 is 0 Å². The topological polar surface area (TPSA) is 43.4 Å². The Morgan fingerprint density at radius 3 is 1.67 bits per heavy atom. The van der Waals surface area contributed by atoms with Crippen LogP contribution < -0.4 is 0 Å². The minimum atomic E-state index is 0.248. The van der Waals surface area contributed by atoms with E-state index in [0.29, 0.717) is 25.7 Å². The maximum absolute atomic E-state index is 11.7. The Bertz CT molecular complexity index is 473. The fraction of sp³-hybridized carbons (Fsp3) is 0.400. The molecule has 0 atom stereocenters. The first kappa shape index (κ1) is 12.7. The molecule has 0 bridgehead atoms. The lowest BCUT2D eigenvalue weighted by Crippen LogP contribution is -2.01.